The lowest BCUT2D eigenvalue weighted by molar-refractivity contribution is 0.101. The molecule has 1 saturated heterocycles. The molecule has 1 atom stereocenters. The maximum atomic E-state index is 13.2. The van der Waals surface area contributed by atoms with E-state index in [-0.39, 0.29) is 28.8 Å². The SMILES string of the molecule is CC(=O)c1ccc(S(=O)(=O)N2CCC[C@H](c3nn(C)c(=O)n3-c3ccccc3)C2)cc1. The summed E-state index contributed by atoms with van der Waals surface area (Å²) in [5.41, 5.74) is 0.909. The van der Waals surface area contributed by atoms with Gasteiger partial charge in [0.15, 0.2) is 5.78 Å². The fourth-order valence-electron chi connectivity index (χ4n) is 3.95. The molecule has 0 N–H and O–H groups in total. The van der Waals surface area contributed by atoms with Crippen molar-refractivity contribution in [2.75, 3.05) is 13.1 Å². The molecule has 2 heterocycles. The summed E-state index contributed by atoms with van der Waals surface area (Å²) >= 11 is 0. The number of sulfonamides is 1. The summed E-state index contributed by atoms with van der Waals surface area (Å²) in [6.07, 6.45) is 1.40. The standard InChI is InChI=1S/C22H24N4O4S/c1-16(27)17-10-12-20(13-11-17)31(29,30)25-14-6-7-18(15-25)21-23-24(2)22(28)26(21)19-8-4-3-5-9-19/h3-5,8-13,18H,6-7,14-15H2,1-2H3/t18-/m0/s1. The maximum Gasteiger partial charge on any atom is 0.350 e. The van der Waals surface area contributed by atoms with E-state index in [1.165, 1.54) is 40.2 Å². The summed E-state index contributed by atoms with van der Waals surface area (Å²) in [6, 6.07) is 15.2. The number of para-hydroxylation sites is 1. The van der Waals surface area contributed by atoms with E-state index in [9.17, 15) is 18.0 Å². The van der Waals surface area contributed by atoms with Crippen LogP contribution < -0.4 is 5.69 Å². The van der Waals surface area contributed by atoms with Crippen molar-refractivity contribution in [1.82, 2.24) is 18.7 Å². The van der Waals surface area contributed by atoms with Crippen LogP contribution in [0.4, 0.5) is 0 Å². The first-order chi connectivity index (χ1) is 14.8. The van der Waals surface area contributed by atoms with Gasteiger partial charge in [0.25, 0.3) is 0 Å². The Balaban J connectivity index is 1.66. The van der Waals surface area contributed by atoms with E-state index >= 15 is 0 Å². The van der Waals surface area contributed by atoms with Gasteiger partial charge in [0, 0.05) is 31.6 Å². The van der Waals surface area contributed by atoms with Gasteiger partial charge in [0.05, 0.1) is 10.6 Å². The summed E-state index contributed by atoms with van der Waals surface area (Å²) in [5.74, 6) is 0.232. The number of nitrogens with zero attached hydrogens (tertiary/aromatic N) is 4. The number of rotatable bonds is 5. The van der Waals surface area contributed by atoms with Crippen LogP contribution in [0, 0.1) is 0 Å². The molecule has 0 aliphatic carbocycles. The van der Waals surface area contributed by atoms with Gasteiger partial charge in [0.2, 0.25) is 10.0 Å². The molecule has 9 heteroatoms. The Morgan fingerprint density at radius 3 is 2.39 bits per heavy atom. The highest BCUT2D eigenvalue weighted by Gasteiger charge is 2.34. The largest absolute Gasteiger partial charge is 0.350 e. The van der Waals surface area contributed by atoms with E-state index < -0.39 is 10.0 Å². The maximum absolute atomic E-state index is 13.2. The molecular weight excluding hydrogens is 416 g/mol. The van der Waals surface area contributed by atoms with Gasteiger partial charge in [-0.2, -0.15) is 9.40 Å². The predicted molar refractivity (Wildman–Crippen MR) is 116 cm³/mol. The molecule has 3 aromatic rings. The molecule has 0 amide bonds. The van der Waals surface area contributed by atoms with Gasteiger partial charge in [-0.25, -0.2) is 22.5 Å². The third kappa shape index (κ3) is 3.98. The minimum absolute atomic E-state index is 0.115. The summed E-state index contributed by atoms with van der Waals surface area (Å²) in [6.45, 7) is 2.08. The molecule has 1 fully saturated rings. The lowest BCUT2D eigenvalue weighted by Gasteiger charge is -2.31. The third-order valence-corrected chi connectivity index (χ3v) is 7.49. The van der Waals surface area contributed by atoms with Crippen LogP contribution in [-0.2, 0) is 17.1 Å². The molecule has 0 saturated carbocycles. The van der Waals surface area contributed by atoms with Crippen molar-refractivity contribution < 1.29 is 13.2 Å². The fraction of sp³-hybridized carbons (Fsp3) is 0.318. The number of hydrogen-bond acceptors (Lipinski definition) is 5. The molecule has 8 nitrogen and oxygen atoms in total. The van der Waals surface area contributed by atoms with Crippen molar-refractivity contribution >= 4 is 15.8 Å². The Kier molecular flexibility index (Phi) is 5.63. The zero-order chi connectivity index (χ0) is 22.2. The van der Waals surface area contributed by atoms with Crippen LogP contribution in [0.15, 0.2) is 64.3 Å². The zero-order valence-electron chi connectivity index (χ0n) is 17.4. The van der Waals surface area contributed by atoms with E-state index in [0.717, 1.165) is 6.42 Å². The molecule has 2 aromatic carbocycles. The van der Waals surface area contributed by atoms with Crippen molar-refractivity contribution in [2.24, 2.45) is 7.05 Å². The smallest absolute Gasteiger partial charge is 0.295 e. The molecular formula is C22H24N4O4S. The van der Waals surface area contributed by atoms with E-state index in [0.29, 0.717) is 30.0 Å². The van der Waals surface area contributed by atoms with Crippen LogP contribution in [0.1, 0.15) is 41.9 Å². The molecule has 4 rings (SSSR count). The monoisotopic (exact) mass is 440 g/mol. The lowest BCUT2D eigenvalue weighted by atomic mass is 9.98. The molecule has 0 radical (unpaired) electrons. The Morgan fingerprint density at radius 1 is 1.06 bits per heavy atom. The van der Waals surface area contributed by atoms with Gasteiger partial charge in [-0.3, -0.25) is 4.79 Å². The molecule has 1 aromatic heterocycles. The molecule has 0 unspecified atom stereocenters. The van der Waals surface area contributed by atoms with Gasteiger partial charge in [0.1, 0.15) is 5.82 Å². The minimum Gasteiger partial charge on any atom is -0.295 e. The van der Waals surface area contributed by atoms with Crippen molar-refractivity contribution in [1.29, 1.82) is 0 Å². The molecule has 0 spiro atoms. The van der Waals surface area contributed by atoms with Gasteiger partial charge >= 0.3 is 5.69 Å². The number of piperidine rings is 1. The Labute approximate surface area is 180 Å². The summed E-state index contributed by atoms with van der Waals surface area (Å²) < 4.78 is 30.7. The van der Waals surface area contributed by atoms with Crippen molar-refractivity contribution in [3.8, 4) is 5.69 Å². The predicted octanol–water partition coefficient (Wildman–Crippen LogP) is 2.34. The highest BCUT2D eigenvalue weighted by molar-refractivity contribution is 7.89. The number of aromatic nitrogens is 3. The molecule has 162 valence electrons. The molecule has 0 bridgehead atoms. The number of carbonyl (C=O) groups excluding carboxylic acids is 1. The average Bonchev–Trinajstić information content (AvgIpc) is 3.09. The second-order valence-corrected chi connectivity index (χ2v) is 9.66. The molecule has 1 aliphatic rings. The first-order valence-corrected chi connectivity index (χ1v) is 11.6. The Bertz CT molecular complexity index is 1260. The van der Waals surface area contributed by atoms with Crippen molar-refractivity contribution in [3.05, 3.63) is 76.5 Å². The number of Topliss-reactive ketones (excluding diaryl/α,β-unsaturated/α-hetero) is 1. The van der Waals surface area contributed by atoms with Crippen LogP contribution in [0.3, 0.4) is 0 Å². The third-order valence-electron chi connectivity index (χ3n) is 5.61. The van der Waals surface area contributed by atoms with Crippen molar-refractivity contribution in [2.45, 2.75) is 30.6 Å². The second-order valence-electron chi connectivity index (χ2n) is 7.72. The average molecular weight is 441 g/mol. The number of aryl methyl sites for hydroxylation is 1. The summed E-state index contributed by atoms with van der Waals surface area (Å²) in [7, 11) is -2.13. The van der Waals surface area contributed by atoms with Crippen LogP contribution in [0.25, 0.3) is 5.69 Å². The second kappa shape index (κ2) is 8.24. The van der Waals surface area contributed by atoms with E-state index in [1.807, 2.05) is 30.3 Å². The van der Waals surface area contributed by atoms with Gasteiger partial charge in [-0.15, -0.1) is 0 Å². The number of hydrogen-bond donors (Lipinski definition) is 0. The van der Waals surface area contributed by atoms with E-state index in [4.69, 9.17) is 0 Å². The summed E-state index contributed by atoms with van der Waals surface area (Å²) in [5, 5.41) is 4.44. The quantitative estimate of drug-likeness (QED) is 0.568. The lowest BCUT2D eigenvalue weighted by Crippen LogP contribution is -2.40. The molecule has 31 heavy (non-hydrogen) atoms. The molecule has 1 aliphatic heterocycles. The van der Waals surface area contributed by atoms with Crippen molar-refractivity contribution in [3.63, 3.8) is 0 Å². The number of carbonyl (C=O) groups is 1. The van der Waals surface area contributed by atoms with Crippen LogP contribution in [0.5, 0.6) is 0 Å². The van der Waals surface area contributed by atoms with Gasteiger partial charge < -0.3 is 0 Å². The van der Waals surface area contributed by atoms with Crippen LogP contribution in [-0.4, -0.2) is 45.9 Å². The number of ketones is 1. The Morgan fingerprint density at radius 2 is 1.74 bits per heavy atom. The summed E-state index contributed by atoms with van der Waals surface area (Å²) in [4.78, 5) is 24.4. The normalized spacial score (nSPS) is 17.5. The zero-order valence-corrected chi connectivity index (χ0v) is 18.2. The van der Waals surface area contributed by atoms with Gasteiger partial charge in [-0.05, 0) is 44.0 Å². The van der Waals surface area contributed by atoms with Gasteiger partial charge in [-0.1, -0.05) is 30.3 Å². The van der Waals surface area contributed by atoms with E-state index in [2.05, 4.69) is 5.10 Å². The Hall–Kier alpha value is -3.04. The highest BCUT2D eigenvalue weighted by Crippen LogP contribution is 2.30. The number of benzene rings is 2. The fourth-order valence-corrected chi connectivity index (χ4v) is 5.47. The highest BCUT2D eigenvalue weighted by atomic mass is 32.2. The first kappa shape index (κ1) is 21.2. The topological polar surface area (TPSA) is 94.3 Å². The van der Waals surface area contributed by atoms with Crippen LogP contribution >= 0.6 is 0 Å². The minimum atomic E-state index is -3.73. The first-order valence-electron chi connectivity index (χ1n) is 10.1. The van der Waals surface area contributed by atoms with E-state index in [1.54, 1.807) is 11.6 Å². The van der Waals surface area contributed by atoms with Crippen LogP contribution in [0.2, 0.25) is 0 Å².